The maximum Gasteiger partial charge on any atom is 0.430 e. The molecule has 9 nitrogen and oxygen atoms in total. The highest BCUT2D eigenvalue weighted by atomic mass is 32.2. The quantitative estimate of drug-likeness (QED) is 0.189. The standard InChI is InChI=1S/C34H30F9N3O6S/c35-23-8-10-24(11-9-23)53(50,51)31(14-17-46(19-31)29(48)20-12-15-45(16-13-20)30(49)28(44)47)21-4-6-22(7-5-21)32(33(38,39)40,34(41,42)43)52-18-25-26(36)2-1-3-27(25)37/h1-11,20H,12-19H2,(H2,44,47). The molecular weight excluding hydrogens is 749 g/mol. The van der Waals surface area contributed by atoms with Crippen LogP contribution >= 0.6 is 0 Å². The first kappa shape index (κ1) is 39.6. The van der Waals surface area contributed by atoms with Gasteiger partial charge in [-0.25, -0.2) is 21.6 Å². The van der Waals surface area contributed by atoms with Crippen molar-refractivity contribution >= 4 is 27.6 Å². The molecule has 2 aliphatic heterocycles. The molecule has 2 aliphatic rings. The number of piperidine rings is 1. The van der Waals surface area contributed by atoms with E-state index in [1.165, 1.54) is 4.90 Å². The molecule has 2 saturated heterocycles. The van der Waals surface area contributed by atoms with Gasteiger partial charge < -0.3 is 20.3 Å². The van der Waals surface area contributed by atoms with Crippen molar-refractivity contribution in [1.29, 1.82) is 0 Å². The number of primary amides is 1. The van der Waals surface area contributed by atoms with Crippen LogP contribution < -0.4 is 5.73 Å². The second kappa shape index (κ2) is 14.3. The Kier molecular flexibility index (Phi) is 10.7. The Morgan fingerprint density at radius 3 is 1.85 bits per heavy atom. The number of likely N-dealkylation sites (tertiary alicyclic amines) is 2. The van der Waals surface area contributed by atoms with Crippen LogP contribution in [0.15, 0.2) is 71.6 Å². The number of ether oxygens (including phenoxy) is 1. The molecule has 0 radical (unpaired) electrons. The number of hydrogen-bond donors (Lipinski definition) is 1. The third-order valence-corrected chi connectivity index (χ3v) is 12.1. The highest BCUT2D eigenvalue weighted by Gasteiger charge is 2.73. The molecule has 3 amide bonds. The number of carbonyl (C=O) groups excluding carboxylic acids is 3. The van der Waals surface area contributed by atoms with Crippen molar-refractivity contribution in [3.63, 3.8) is 0 Å². The molecule has 2 N–H and O–H groups in total. The van der Waals surface area contributed by atoms with Gasteiger partial charge in [-0.1, -0.05) is 30.3 Å². The lowest BCUT2D eigenvalue weighted by atomic mass is 9.88. The van der Waals surface area contributed by atoms with Crippen molar-refractivity contribution in [2.24, 2.45) is 11.7 Å². The van der Waals surface area contributed by atoms with Crippen LogP contribution in [0.1, 0.15) is 36.0 Å². The summed E-state index contributed by atoms with van der Waals surface area (Å²) in [4.78, 5) is 38.8. The number of alkyl halides is 6. The minimum Gasteiger partial charge on any atom is -0.361 e. The van der Waals surface area contributed by atoms with Gasteiger partial charge in [-0.3, -0.25) is 14.4 Å². The number of amides is 3. The van der Waals surface area contributed by atoms with Crippen molar-refractivity contribution in [3.05, 3.63) is 101 Å². The van der Waals surface area contributed by atoms with Gasteiger partial charge in [-0.2, -0.15) is 26.3 Å². The summed E-state index contributed by atoms with van der Waals surface area (Å²) in [6.45, 7) is -2.67. The number of rotatable bonds is 8. The number of nitrogens with two attached hydrogens (primary N) is 1. The van der Waals surface area contributed by atoms with Crippen LogP contribution in [0, 0.1) is 23.4 Å². The van der Waals surface area contributed by atoms with Crippen molar-refractivity contribution < 1.29 is 67.1 Å². The number of benzene rings is 3. The highest BCUT2D eigenvalue weighted by Crippen LogP contribution is 2.54. The molecule has 3 aromatic rings. The molecule has 0 bridgehead atoms. The highest BCUT2D eigenvalue weighted by molar-refractivity contribution is 7.92. The van der Waals surface area contributed by atoms with E-state index in [0.29, 0.717) is 36.4 Å². The summed E-state index contributed by atoms with van der Waals surface area (Å²) in [5.74, 6) is -7.16. The lowest BCUT2D eigenvalue weighted by Crippen LogP contribution is -2.56. The van der Waals surface area contributed by atoms with E-state index in [0.717, 1.165) is 35.2 Å². The SMILES string of the molecule is NC(=O)C(=O)N1CCC(C(=O)N2CCC(c3ccc(C(OCc4c(F)cccc4F)(C(F)(F)F)C(F)(F)F)cc3)(S(=O)(=O)c3ccc(F)cc3)C2)CC1. The molecule has 5 rings (SSSR count). The van der Waals surface area contributed by atoms with Gasteiger partial charge in [0.1, 0.15) is 22.2 Å². The Hall–Kier alpha value is -4.65. The summed E-state index contributed by atoms with van der Waals surface area (Å²) in [5.41, 5.74) is -3.21. The van der Waals surface area contributed by atoms with E-state index >= 15 is 0 Å². The third kappa shape index (κ3) is 7.07. The molecular formula is C34H30F9N3O6S. The van der Waals surface area contributed by atoms with Gasteiger partial charge in [0.2, 0.25) is 5.91 Å². The fraction of sp³-hybridized carbons (Fsp3) is 0.382. The molecule has 53 heavy (non-hydrogen) atoms. The maximum atomic E-state index is 14.6. The Morgan fingerprint density at radius 1 is 0.792 bits per heavy atom. The van der Waals surface area contributed by atoms with Crippen molar-refractivity contribution in [1.82, 2.24) is 9.80 Å². The fourth-order valence-corrected chi connectivity index (χ4v) is 8.84. The summed E-state index contributed by atoms with van der Waals surface area (Å²) < 4.78 is 160. The Morgan fingerprint density at radius 2 is 1.34 bits per heavy atom. The van der Waals surface area contributed by atoms with Gasteiger partial charge in [0, 0.05) is 43.2 Å². The smallest absolute Gasteiger partial charge is 0.361 e. The summed E-state index contributed by atoms with van der Waals surface area (Å²) in [6, 6.07) is 7.67. The number of halogens is 9. The van der Waals surface area contributed by atoms with Gasteiger partial charge in [0.05, 0.1) is 11.5 Å². The lowest BCUT2D eigenvalue weighted by Gasteiger charge is -2.38. The zero-order valence-corrected chi connectivity index (χ0v) is 28.1. The average molecular weight is 780 g/mol. The molecule has 2 fully saturated rings. The van der Waals surface area contributed by atoms with E-state index in [4.69, 9.17) is 5.73 Å². The zero-order chi connectivity index (χ0) is 39.1. The van der Waals surface area contributed by atoms with Crippen LogP contribution in [0.3, 0.4) is 0 Å². The molecule has 286 valence electrons. The van der Waals surface area contributed by atoms with Gasteiger partial charge >= 0.3 is 24.2 Å². The van der Waals surface area contributed by atoms with Crippen molar-refractivity contribution in [3.8, 4) is 0 Å². The maximum absolute atomic E-state index is 14.6. The molecule has 3 aromatic carbocycles. The molecule has 0 saturated carbocycles. The Balaban J connectivity index is 1.54. The zero-order valence-electron chi connectivity index (χ0n) is 27.3. The molecule has 19 heteroatoms. The second-order valence-electron chi connectivity index (χ2n) is 12.6. The average Bonchev–Trinajstić information content (AvgIpc) is 3.56. The predicted octanol–water partition coefficient (Wildman–Crippen LogP) is 5.27. The first-order valence-electron chi connectivity index (χ1n) is 15.9. The molecule has 0 spiro atoms. The molecule has 0 aliphatic carbocycles. The number of hydrogen-bond acceptors (Lipinski definition) is 6. The molecule has 1 atom stereocenters. The number of sulfone groups is 1. The second-order valence-corrected chi connectivity index (χ2v) is 14.9. The van der Waals surface area contributed by atoms with Crippen molar-refractivity contribution in [2.75, 3.05) is 26.2 Å². The topological polar surface area (TPSA) is 127 Å². The van der Waals surface area contributed by atoms with E-state index in [2.05, 4.69) is 4.74 Å². The van der Waals surface area contributed by atoms with Crippen LogP contribution in [0.4, 0.5) is 39.5 Å². The lowest BCUT2D eigenvalue weighted by molar-refractivity contribution is -0.392. The van der Waals surface area contributed by atoms with Crippen LogP contribution in [-0.4, -0.2) is 74.5 Å². The Labute approximate surface area is 296 Å². The molecule has 0 aromatic heterocycles. The predicted molar refractivity (Wildman–Crippen MR) is 166 cm³/mol. The molecule has 1 unspecified atom stereocenters. The van der Waals surface area contributed by atoms with Crippen LogP contribution in [0.5, 0.6) is 0 Å². The fourth-order valence-electron chi connectivity index (χ4n) is 6.76. The van der Waals surface area contributed by atoms with Gasteiger partial charge in [0.15, 0.2) is 9.84 Å². The summed E-state index contributed by atoms with van der Waals surface area (Å²) in [5, 5.41) is 0. The van der Waals surface area contributed by atoms with Crippen LogP contribution in [0.25, 0.3) is 0 Å². The monoisotopic (exact) mass is 779 g/mol. The minimum absolute atomic E-state index is 0.0156. The minimum atomic E-state index is -6.26. The Bertz CT molecular complexity index is 1950. The first-order chi connectivity index (χ1) is 24.7. The molecule has 2 heterocycles. The van der Waals surface area contributed by atoms with Gasteiger partial charge in [-0.05, 0) is 61.2 Å². The largest absolute Gasteiger partial charge is 0.430 e. The van der Waals surface area contributed by atoms with E-state index in [-0.39, 0.29) is 44.5 Å². The first-order valence-corrected chi connectivity index (χ1v) is 17.3. The van der Waals surface area contributed by atoms with E-state index in [1.54, 1.807) is 0 Å². The normalized spacial score (nSPS) is 19.0. The van der Waals surface area contributed by atoms with Crippen LogP contribution in [-0.2, 0) is 45.9 Å². The van der Waals surface area contributed by atoms with E-state index in [9.17, 15) is 62.3 Å². The van der Waals surface area contributed by atoms with Gasteiger partial charge in [-0.15, -0.1) is 0 Å². The summed E-state index contributed by atoms with van der Waals surface area (Å²) in [7, 11) is -4.68. The van der Waals surface area contributed by atoms with E-state index in [1.807, 2.05) is 0 Å². The number of nitrogens with zero attached hydrogens (tertiary/aromatic N) is 2. The van der Waals surface area contributed by atoms with E-state index < -0.39 is 103 Å². The summed E-state index contributed by atoms with van der Waals surface area (Å²) >= 11 is 0. The number of carbonyl (C=O) groups is 3. The summed E-state index contributed by atoms with van der Waals surface area (Å²) in [6.07, 6.45) is -12.8. The third-order valence-electron chi connectivity index (χ3n) is 9.63. The van der Waals surface area contributed by atoms with Crippen molar-refractivity contribution in [2.45, 2.75) is 53.5 Å². The van der Waals surface area contributed by atoms with Crippen LogP contribution in [0.2, 0.25) is 0 Å². The van der Waals surface area contributed by atoms with Gasteiger partial charge in [0.25, 0.3) is 5.60 Å².